The molecule has 0 heterocycles. The lowest BCUT2D eigenvalue weighted by Crippen LogP contribution is -2.43. The van der Waals surface area contributed by atoms with E-state index in [-0.39, 0.29) is 25.7 Å². The van der Waals surface area contributed by atoms with Gasteiger partial charge in [-0.2, -0.15) is 13.2 Å². The molecule has 2 rings (SSSR count). The maximum absolute atomic E-state index is 13.1. The van der Waals surface area contributed by atoms with E-state index in [0.29, 0.717) is 5.56 Å². The largest absolute Gasteiger partial charge is 0.391 e. The van der Waals surface area contributed by atoms with Gasteiger partial charge in [0.1, 0.15) is 5.82 Å². The van der Waals surface area contributed by atoms with Crippen LogP contribution in [0.3, 0.4) is 0 Å². The molecule has 1 saturated carbocycles. The highest BCUT2D eigenvalue weighted by molar-refractivity contribution is 5.25. The van der Waals surface area contributed by atoms with Crippen molar-refractivity contribution in [1.29, 1.82) is 0 Å². The van der Waals surface area contributed by atoms with Crippen LogP contribution in [0.1, 0.15) is 31.2 Å². The van der Waals surface area contributed by atoms with Gasteiger partial charge in [-0.1, -0.05) is 12.1 Å². The zero-order valence-corrected chi connectivity index (χ0v) is 9.80. The van der Waals surface area contributed by atoms with Crippen molar-refractivity contribution >= 4 is 0 Å². The average Bonchev–Trinajstić information content (AvgIpc) is 2.28. The quantitative estimate of drug-likeness (QED) is 0.766. The maximum atomic E-state index is 13.1. The van der Waals surface area contributed by atoms with E-state index >= 15 is 0 Å². The number of rotatable bonds is 1. The van der Waals surface area contributed by atoms with Crippen LogP contribution in [-0.4, -0.2) is 6.18 Å². The van der Waals surface area contributed by atoms with E-state index in [1.165, 1.54) is 18.2 Å². The number of hydrogen-bond acceptors (Lipinski definition) is 1. The third kappa shape index (κ3) is 2.66. The normalized spacial score (nSPS) is 29.3. The summed E-state index contributed by atoms with van der Waals surface area (Å²) in [6.07, 6.45) is -3.66. The van der Waals surface area contributed by atoms with E-state index in [9.17, 15) is 17.6 Å². The van der Waals surface area contributed by atoms with Crippen LogP contribution >= 0.6 is 0 Å². The second-order valence-electron chi connectivity index (χ2n) is 4.98. The molecule has 0 amide bonds. The van der Waals surface area contributed by atoms with E-state index in [0.717, 1.165) is 0 Å². The molecule has 0 unspecified atom stereocenters. The van der Waals surface area contributed by atoms with Gasteiger partial charge in [0.25, 0.3) is 0 Å². The van der Waals surface area contributed by atoms with Gasteiger partial charge in [-0.3, -0.25) is 0 Å². The first-order valence-corrected chi connectivity index (χ1v) is 5.93. The van der Waals surface area contributed by atoms with E-state index in [1.54, 1.807) is 6.07 Å². The standard InChI is InChI=1S/C13H15F4N/c14-11-3-1-2-10(8-11)12(18)6-4-9(5-7-12)13(15,16)17/h1-3,8-9H,4-7,18H2. The zero-order chi connectivity index (χ0) is 13.4. The molecule has 0 spiro atoms. The monoisotopic (exact) mass is 261 g/mol. The first-order valence-electron chi connectivity index (χ1n) is 5.93. The maximum Gasteiger partial charge on any atom is 0.391 e. The molecule has 0 radical (unpaired) electrons. The molecular weight excluding hydrogens is 246 g/mol. The molecule has 1 aromatic rings. The highest BCUT2D eigenvalue weighted by Crippen LogP contribution is 2.43. The summed E-state index contributed by atoms with van der Waals surface area (Å²) in [7, 11) is 0. The molecule has 1 fully saturated rings. The van der Waals surface area contributed by atoms with Crippen LogP contribution in [-0.2, 0) is 5.54 Å². The number of halogens is 4. The molecule has 1 aliphatic carbocycles. The molecule has 100 valence electrons. The van der Waals surface area contributed by atoms with Gasteiger partial charge in [0.2, 0.25) is 0 Å². The van der Waals surface area contributed by atoms with Crippen molar-refractivity contribution in [3.8, 4) is 0 Å². The Morgan fingerprint density at radius 3 is 2.28 bits per heavy atom. The van der Waals surface area contributed by atoms with Gasteiger partial charge in [-0.25, -0.2) is 4.39 Å². The first-order chi connectivity index (χ1) is 8.31. The smallest absolute Gasteiger partial charge is 0.321 e. The van der Waals surface area contributed by atoms with E-state index < -0.39 is 23.5 Å². The summed E-state index contributed by atoms with van der Waals surface area (Å²) in [5.74, 6) is -1.68. The molecule has 0 aromatic heterocycles. The van der Waals surface area contributed by atoms with Gasteiger partial charge in [-0.15, -0.1) is 0 Å². The Kier molecular flexibility index (Phi) is 3.36. The van der Waals surface area contributed by atoms with Crippen LogP contribution in [0.25, 0.3) is 0 Å². The summed E-state index contributed by atoms with van der Waals surface area (Å²) in [5, 5.41) is 0. The predicted molar refractivity (Wildman–Crippen MR) is 60.3 cm³/mol. The minimum Gasteiger partial charge on any atom is -0.321 e. The SMILES string of the molecule is NC1(c2cccc(F)c2)CCC(C(F)(F)F)CC1. The second kappa shape index (κ2) is 4.53. The minimum atomic E-state index is -4.15. The van der Waals surface area contributed by atoms with Crippen molar-refractivity contribution in [3.63, 3.8) is 0 Å². The van der Waals surface area contributed by atoms with Gasteiger partial charge in [0.15, 0.2) is 0 Å². The molecular formula is C13H15F4N. The number of hydrogen-bond donors (Lipinski definition) is 1. The Bertz CT molecular complexity index is 419. The lowest BCUT2D eigenvalue weighted by Gasteiger charge is -2.38. The Balaban J connectivity index is 2.12. The number of benzene rings is 1. The third-order valence-electron chi connectivity index (χ3n) is 3.74. The molecule has 1 nitrogen and oxygen atoms in total. The van der Waals surface area contributed by atoms with Crippen LogP contribution < -0.4 is 5.73 Å². The average molecular weight is 261 g/mol. The van der Waals surface area contributed by atoms with Gasteiger partial charge in [-0.05, 0) is 43.4 Å². The Morgan fingerprint density at radius 2 is 1.78 bits per heavy atom. The molecule has 0 saturated heterocycles. The number of alkyl halides is 3. The van der Waals surface area contributed by atoms with Crippen LogP contribution in [0.15, 0.2) is 24.3 Å². The van der Waals surface area contributed by atoms with Crippen molar-refractivity contribution in [1.82, 2.24) is 0 Å². The van der Waals surface area contributed by atoms with Crippen molar-refractivity contribution in [3.05, 3.63) is 35.6 Å². The van der Waals surface area contributed by atoms with Crippen LogP contribution in [0.2, 0.25) is 0 Å². The fourth-order valence-corrected chi connectivity index (χ4v) is 2.55. The van der Waals surface area contributed by atoms with Gasteiger partial charge in [0, 0.05) is 5.54 Å². The Hall–Kier alpha value is -1.10. The van der Waals surface area contributed by atoms with Crippen LogP contribution in [0.4, 0.5) is 17.6 Å². The van der Waals surface area contributed by atoms with Crippen molar-refractivity contribution in [2.24, 2.45) is 11.7 Å². The van der Waals surface area contributed by atoms with Gasteiger partial charge < -0.3 is 5.73 Å². The molecule has 18 heavy (non-hydrogen) atoms. The predicted octanol–water partition coefficient (Wildman–Crippen LogP) is 3.73. The Morgan fingerprint density at radius 1 is 1.17 bits per heavy atom. The molecule has 0 atom stereocenters. The summed E-state index contributed by atoms with van der Waals surface area (Å²) in [5.41, 5.74) is 5.88. The van der Waals surface area contributed by atoms with E-state index in [1.807, 2.05) is 0 Å². The zero-order valence-electron chi connectivity index (χ0n) is 9.80. The summed E-state index contributed by atoms with van der Waals surface area (Å²) >= 11 is 0. The summed E-state index contributed by atoms with van der Waals surface area (Å²) in [6, 6.07) is 5.83. The van der Waals surface area contributed by atoms with Crippen molar-refractivity contribution in [2.75, 3.05) is 0 Å². The van der Waals surface area contributed by atoms with Crippen LogP contribution in [0.5, 0.6) is 0 Å². The van der Waals surface area contributed by atoms with Gasteiger partial charge >= 0.3 is 6.18 Å². The summed E-state index contributed by atoms with van der Waals surface area (Å²) in [4.78, 5) is 0. The van der Waals surface area contributed by atoms with Crippen molar-refractivity contribution < 1.29 is 17.6 Å². The first kappa shape index (κ1) is 13.3. The highest BCUT2D eigenvalue weighted by Gasteiger charge is 2.45. The molecule has 5 heteroatoms. The molecule has 0 aliphatic heterocycles. The second-order valence-corrected chi connectivity index (χ2v) is 4.98. The summed E-state index contributed by atoms with van der Waals surface area (Å²) in [6.45, 7) is 0. The molecule has 0 bridgehead atoms. The minimum absolute atomic E-state index is 0.0104. The Labute approximate surface area is 103 Å². The van der Waals surface area contributed by atoms with E-state index in [4.69, 9.17) is 5.73 Å². The summed E-state index contributed by atoms with van der Waals surface area (Å²) < 4.78 is 50.8. The fraction of sp³-hybridized carbons (Fsp3) is 0.538. The van der Waals surface area contributed by atoms with Gasteiger partial charge in [0.05, 0.1) is 5.92 Å². The van der Waals surface area contributed by atoms with E-state index in [2.05, 4.69) is 0 Å². The third-order valence-corrected chi connectivity index (χ3v) is 3.74. The number of nitrogens with two attached hydrogens (primary N) is 1. The highest BCUT2D eigenvalue weighted by atomic mass is 19.4. The molecule has 1 aromatic carbocycles. The van der Waals surface area contributed by atoms with Crippen LogP contribution in [0, 0.1) is 11.7 Å². The lowest BCUT2D eigenvalue weighted by molar-refractivity contribution is -0.184. The fourth-order valence-electron chi connectivity index (χ4n) is 2.55. The lowest BCUT2D eigenvalue weighted by atomic mass is 9.73. The topological polar surface area (TPSA) is 26.0 Å². The van der Waals surface area contributed by atoms with Crippen molar-refractivity contribution in [2.45, 2.75) is 37.4 Å². The molecule has 1 aliphatic rings. The molecule has 2 N–H and O–H groups in total.